The lowest BCUT2D eigenvalue weighted by atomic mass is 9.46. The molecule has 2 saturated heterocycles. The summed E-state index contributed by atoms with van der Waals surface area (Å²) in [4.78, 5) is 57.7. The number of benzene rings is 2. The predicted octanol–water partition coefficient (Wildman–Crippen LogP) is 3.21. The highest BCUT2D eigenvalue weighted by Crippen LogP contribution is 2.66. The summed E-state index contributed by atoms with van der Waals surface area (Å²) in [6.07, 6.45) is 1.96. The number of allylic oxidation sites excluding steroid dienone is 2. The summed E-state index contributed by atoms with van der Waals surface area (Å²) in [5, 5.41) is 0. The first-order valence-electron chi connectivity index (χ1n) is 12.0. The number of rotatable bonds is 4. The molecule has 4 amide bonds. The second-order valence-electron chi connectivity index (χ2n) is 10.2. The van der Waals surface area contributed by atoms with E-state index in [0.29, 0.717) is 22.9 Å². The summed E-state index contributed by atoms with van der Waals surface area (Å²) in [6, 6.07) is 13.5. The van der Waals surface area contributed by atoms with Gasteiger partial charge in [-0.25, -0.2) is 0 Å². The molecule has 8 heteroatoms. The molecular weight excluding hydrogens is 460 g/mol. The van der Waals surface area contributed by atoms with Gasteiger partial charge < -0.3 is 9.47 Å². The number of ether oxygens (including phenoxy) is 2. The fraction of sp³-hybridized carbons (Fsp3) is 0.357. The zero-order chi connectivity index (χ0) is 25.5. The molecule has 2 heterocycles. The second kappa shape index (κ2) is 7.53. The van der Waals surface area contributed by atoms with Crippen molar-refractivity contribution in [1.29, 1.82) is 0 Å². The standard InChI is InChI=1S/C28H26N2O6/c1-14-13-28(2)22-20(24(31)29(26(22)33)15-5-9-17(35-3)10-6-15)19(14)21-23(28)27(34)30(25(21)32)16-7-11-18(36-4)12-8-16/h5-13,19-23H,1-4H3/t19?,20-,21-,22-,23-,28?/m1/s1. The predicted molar refractivity (Wildman–Crippen MR) is 130 cm³/mol. The number of anilines is 2. The number of hydrogen-bond acceptors (Lipinski definition) is 6. The Kier molecular flexibility index (Phi) is 4.71. The molecule has 3 fully saturated rings. The molecule has 0 unspecified atom stereocenters. The average Bonchev–Trinajstić information content (AvgIpc) is 3.30. The van der Waals surface area contributed by atoms with Crippen molar-refractivity contribution < 1.29 is 28.7 Å². The minimum Gasteiger partial charge on any atom is -0.497 e. The number of hydrogen-bond donors (Lipinski definition) is 0. The number of methoxy groups -OCH3 is 2. The maximum absolute atomic E-state index is 13.8. The van der Waals surface area contributed by atoms with Gasteiger partial charge in [-0.05, 0) is 55.5 Å². The second-order valence-corrected chi connectivity index (χ2v) is 10.2. The summed E-state index contributed by atoms with van der Waals surface area (Å²) in [6.45, 7) is 3.75. The smallest absolute Gasteiger partial charge is 0.238 e. The highest BCUT2D eigenvalue weighted by atomic mass is 16.5. The van der Waals surface area contributed by atoms with Gasteiger partial charge in [0.25, 0.3) is 0 Å². The number of amides is 4. The molecule has 2 aromatic rings. The van der Waals surface area contributed by atoms with E-state index in [4.69, 9.17) is 9.47 Å². The van der Waals surface area contributed by atoms with Crippen molar-refractivity contribution in [2.75, 3.05) is 24.0 Å². The largest absolute Gasteiger partial charge is 0.497 e. The Hall–Kier alpha value is -3.94. The monoisotopic (exact) mass is 486 g/mol. The van der Waals surface area contributed by atoms with Crippen LogP contribution in [0.4, 0.5) is 11.4 Å². The van der Waals surface area contributed by atoms with Crippen LogP contribution in [0.1, 0.15) is 13.8 Å². The highest BCUT2D eigenvalue weighted by molar-refractivity contribution is 6.26. The zero-order valence-corrected chi connectivity index (χ0v) is 20.4. The van der Waals surface area contributed by atoms with Crippen LogP contribution in [-0.2, 0) is 19.2 Å². The summed E-state index contributed by atoms with van der Waals surface area (Å²) in [7, 11) is 3.09. The molecule has 7 rings (SSSR count). The SMILES string of the molecule is COc1ccc(N2C(=O)[C@@H]3C4C(C)=CC(C)([C@H]3C2=O)[C@H]2C(=O)N(c3ccc(OC)cc3)C(=O)[C@H]42)cc1. The number of imide groups is 2. The van der Waals surface area contributed by atoms with Gasteiger partial charge in [-0.15, -0.1) is 0 Å². The molecule has 2 aliphatic heterocycles. The van der Waals surface area contributed by atoms with Crippen molar-refractivity contribution in [2.24, 2.45) is 35.0 Å². The van der Waals surface area contributed by atoms with E-state index < -0.39 is 35.0 Å². The van der Waals surface area contributed by atoms with E-state index in [1.54, 1.807) is 62.8 Å². The topological polar surface area (TPSA) is 93.2 Å². The lowest BCUT2D eigenvalue weighted by Crippen LogP contribution is -2.57. The van der Waals surface area contributed by atoms with Crippen LogP contribution in [0.15, 0.2) is 60.2 Å². The maximum atomic E-state index is 13.8. The molecular formula is C28H26N2O6. The quantitative estimate of drug-likeness (QED) is 0.487. The molecule has 0 spiro atoms. The third-order valence-electron chi connectivity index (χ3n) is 8.54. The van der Waals surface area contributed by atoms with Crippen LogP contribution >= 0.6 is 0 Å². The van der Waals surface area contributed by atoms with Crippen LogP contribution in [0.2, 0.25) is 0 Å². The molecule has 0 N–H and O–H groups in total. The lowest BCUT2D eigenvalue weighted by molar-refractivity contribution is -0.146. The molecule has 0 radical (unpaired) electrons. The molecule has 184 valence electrons. The molecule has 36 heavy (non-hydrogen) atoms. The number of carbonyl (C=O) groups is 4. The van der Waals surface area contributed by atoms with E-state index in [-0.39, 0.29) is 23.6 Å². The Morgan fingerprint density at radius 1 is 0.639 bits per heavy atom. The molecule has 2 aromatic carbocycles. The molecule has 2 bridgehead atoms. The third kappa shape index (κ3) is 2.69. The van der Waals surface area contributed by atoms with Gasteiger partial charge in [-0.2, -0.15) is 0 Å². The van der Waals surface area contributed by atoms with E-state index >= 15 is 0 Å². The van der Waals surface area contributed by atoms with Crippen LogP contribution < -0.4 is 19.3 Å². The maximum Gasteiger partial charge on any atom is 0.238 e. The summed E-state index contributed by atoms with van der Waals surface area (Å²) in [5.41, 5.74) is 0.846. The Morgan fingerprint density at radius 2 is 1.03 bits per heavy atom. The summed E-state index contributed by atoms with van der Waals surface area (Å²) in [5.74, 6) is -3.38. The molecule has 3 aliphatic carbocycles. The Balaban J connectivity index is 1.42. The van der Waals surface area contributed by atoms with Crippen molar-refractivity contribution >= 4 is 35.0 Å². The van der Waals surface area contributed by atoms with Crippen molar-refractivity contribution in [2.45, 2.75) is 13.8 Å². The van der Waals surface area contributed by atoms with Crippen molar-refractivity contribution in [3.63, 3.8) is 0 Å². The molecule has 8 nitrogen and oxygen atoms in total. The number of carbonyl (C=O) groups excluding carboxylic acids is 4. The fourth-order valence-corrected chi connectivity index (χ4v) is 7.13. The van der Waals surface area contributed by atoms with Gasteiger partial charge in [0.15, 0.2) is 0 Å². The van der Waals surface area contributed by atoms with Gasteiger partial charge in [0, 0.05) is 11.3 Å². The van der Waals surface area contributed by atoms with Crippen molar-refractivity contribution in [3.8, 4) is 11.5 Å². The summed E-state index contributed by atoms with van der Waals surface area (Å²) < 4.78 is 10.4. The first-order valence-corrected chi connectivity index (χ1v) is 12.0. The average molecular weight is 487 g/mol. The van der Waals surface area contributed by atoms with Gasteiger partial charge >= 0.3 is 0 Å². The van der Waals surface area contributed by atoms with E-state index in [2.05, 4.69) is 0 Å². The van der Waals surface area contributed by atoms with Crippen LogP contribution in [0.25, 0.3) is 0 Å². The normalized spacial score (nSPS) is 32.6. The fourth-order valence-electron chi connectivity index (χ4n) is 7.13. The molecule has 5 aliphatic rings. The van der Waals surface area contributed by atoms with Crippen LogP contribution in [0.3, 0.4) is 0 Å². The first kappa shape index (κ1) is 22.5. The molecule has 4 atom stereocenters. The molecule has 0 aromatic heterocycles. The minimum atomic E-state index is -0.962. The Morgan fingerprint density at radius 3 is 1.39 bits per heavy atom. The van der Waals surface area contributed by atoms with E-state index in [1.165, 1.54) is 9.80 Å². The Bertz CT molecular complexity index is 1250. The minimum absolute atomic E-state index is 0.319. The van der Waals surface area contributed by atoms with Gasteiger partial charge in [0.2, 0.25) is 23.6 Å². The van der Waals surface area contributed by atoms with Gasteiger partial charge in [0.1, 0.15) is 11.5 Å². The van der Waals surface area contributed by atoms with E-state index in [9.17, 15) is 19.2 Å². The third-order valence-corrected chi connectivity index (χ3v) is 8.54. The molecule has 1 saturated carbocycles. The van der Waals surface area contributed by atoms with Crippen LogP contribution in [0.5, 0.6) is 11.5 Å². The van der Waals surface area contributed by atoms with Crippen LogP contribution in [-0.4, -0.2) is 37.8 Å². The van der Waals surface area contributed by atoms with Gasteiger partial charge in [-0.1, -0.05) is 18.6 Å². The lowest BCUT2D eigenvalue weighted by Gasteiger charge is -2.53. The first-order chi connectivity index (χ1) is 17.2. The number of nitrogens with zero attached hydrogens (tertiary/aromatic N) is 2. The van der Waals surface area contributed by atoms with E-state index in [1.807, 2.05) is 19.9 Å². The van der Waals surface area contributed by atoms with Crippen molar-refractivity contribution in [1.82, 2.24) is 0 Å². The van der Waals surface area contributed by atoms with Gasteiger partial charge in [0.05, 0.1) is 49.3 Å². The highest BCUT2D eigenvalue weighted by Gasteiger charge is 2.74. The zero-order valence-electron chi connectivity index (χ0n) is 20.4. The van der Waals surface area contributed by atoms with Crippen LogP contribution in [0, 0.1) is 35.0 Å². The van der Waals surface area contributed by atoms with Gasteiger partial charge in [-0.3, -0.25) is 29.0 Å². The van der Waals surface area contributed by atoms with E-state index in [0.717, 1.165) is 5.57 Å². The summed E-state index contributed by atoms with van der Waals surface area (Å²) >= 11 is 0. The Labute approximate surface area is 208 Å². The van der Waals surface area contributed by atoms with Crippen molar-refractivity contribution in [3.05, 3.63) is 60.2 Å².